The van der Waals surface area contributed by atoms with Crippen LogP contribution in [0.1, 0.15) is 18.9 Å². The van der Waals surface area contributed by atoms with Crippen molar-refractivity contribution in [2.24, 2.45) is 7.05 Å². The van der Waals surface area contributed by atoms with E-state index < -0.39 is 6.10 Å². The molecule has 1 N–H and O–H groups in total. The highest BCUT2D eigenvalue weighted by molar-refractivity contribution is 5.81. The van der Waals surface area contributed by atoms with Crippen LogP contribution in [0.2, 0.25) is 0 Å². The van der Waals surface area contributed by atoms with Gasteiger partial charge >= 0.3 is 0 Å². The Morgan fingerprint density at radius 3 is 2.83 bits per heavy atom. The number of hydrogen-bond acceptors (Lipinski definition) is 3. The second-order valence-electron chi connectivity index (χ2n) is 4.39. The van der Waals surface area contributed by atoms with Gasteiger partial charge in [0.1, 0.15) is 17.7 Å². The van der Waals surface area contributed by atoms with Gasteiger partial charge in [-0.15, -0.1) is 0 Å². The summed E-state index contributed by atoms with van der Waals surface area (Å²) in [6, 6.07) is 9.74. The van der Waals surface area contributed by atoms with E-state index in [1.807, 2.05) is 41.9 Å². The molecule has 18 heavy (non-hydrogen) atoms. The summed E-state index contributed by atoms with van der Waals surface area (Å²) in [5.41, 5.74) is 2.85. The first-order chi connectivity index (χ1) is 8.66. The smallest absolute Gasteiger partial charge is 0.138 e. The van der Waals surface area contributed by atoms with E-state index in [2.05, 4.69) is 4.98 Å². The largest absolute Gasteiger partial charge is 0.464 e. The van der Waals surface area contributed by atoms with Gasteiger partial charge in [-0.05, 0) is 37.3 Å². The third-order valence-corrected chi connectivity index (χ3v) is 3.09. The maximum absolute atomic E-state index is 9.66. The average molecular weight is 242 g/mol. The lowest BCUT2D eigenvalue weighted by Crippen LogP contribution is -2.01. The highest BCUT2D eigenvalue weighted by Crippen LogP contribution is 2.26. The van der Waals surface area contributed by atoms with Gasteiger partial charge in [0, 0.05) is 12.6 Å². The predicted molar refractivity (Wildman–Crippen MR) is 69.0 cm³/mol. The van der Waals surface area contributed by atoms with Crippen LogP contribution in [0.3, 0.4) is 0 Å². The average Bonchev–Trinajstić information content (AvgIpc) is 2.97. The number of rotatable bonds is 2. The zero-order valence-electron chi connectivity index (χ0n) is 10.3. The Labute approximate surface area is 104 Å². The van der Waals surface area contributed by atoms with Crippen LogP contribution in [0, 0.1) is 0 Å². The Morgan fingerprint density at radius 1 is 1.33 bits per heavy atom. The second kappa shape index (κ2) is 3.99. The van der Waals surface area contributed by atoms with Crippen LogP contribution in [0.25, 0.3) is 22.4 Å². The van der Waals surface area contributed by atoms with E-state index >= 15 is 0 Å². The van der Waals surface area contributed by atoms with Gasteiger partial charge < -0.3 is 14.1 Å². The molecule has 0 saturated heterocycles. The molecule has 0 spiro atoms. The molecular weight excluding hydrogens is 228 g/mol. The summed E-state index contributed by atoms with van der Waals surface area (Å²) >= 11 is 0. The first-order valence-electron chi connectivity index (χ1n) is 5.85. The van der Waals surface area contributed by atoms with Crippen LogP contribution < -0.4 is 0 Å². The summed E-state index contributed by atoms with van der Waals surface area (Å²) < 4.78 is 7.28. The Kier molecular flexibility index (Phi) is 2.45. The summed E-state index contributed by atoms with van der Waals surface area (Å²) in [6.45, 7) is 1.72. The zero-order valence-corrected chi connectivity index (χ0v) is 10.3. The quantitative estimate of drug-likeness (QED) is 0.751. The van der Waals surface area contributed by atoms with Crippen LogP contribution in [0.4, 0.5) is 0 Å². The minimum atomic E-state index is -0.575. The SMILES string of the molecule is CC(O)c1nc2cc(-c3ccco3)ccc2n1C. The van der Waals surface area contributed by atoms with E-state index in [9.17, 15) is 5.11 Å². The molecular formula is C14H14N2O2. The van der Waals surface area contributed by atoms with Crippen LogP contribution in [0.15, 0.2) is 41.0 Å². The minimum absolute atomic E-state index is 0.575. The highest BCUT2D eigenvalue weighted by Gasteiger charge is 2.13. The lowest BCUT2D eigenvalue weighted by atomic mass is 10.1. The number of hydrogen-bond donors (Lipinski definition) is 1. The van der Waals surface area contributed by atoms with E-state index in [1.54, 1.807) is 13.2 Å². The third kappa shape index (κ3) is 1.62. The van der Waals surface area contributed by atoms with E-state index in [4.69, 9.17) is 4.42 Å². The van der Waals surface area contributed by atoms with Crippen LogP contribution >= 0.6 is 0 Å². The molecule has 4 nitrogen and oxygen atoms in total. The van der Waals surface area contributed by atoms with Crippen molar-refractivity contribution in [2.45, 2.75) is 13.0 Å². The van der Waals surface area contributed by atoms with Gasteiger partial charge in [-0.1, -0.05) is 0 Å². The normalized spacial score (nSPS) is 13.1. The summed E-state index contributed by atoms with van der Waals surface area (Å²) in [7, 11) is 1.91. The summed E-state index contributed by atoms with van der Waals surface area (Å²) in [5.74, 6) is 1.49. The summed E-state index contributed by atoms with van der Waals surface area (Å²) in [4.78, 5) is 4.45. The number of imidazole rings is 1. The van der Waals surface area contributed by atoms with Gasteiger partial charge in [-0.25, -0.2) is 4.98 Å². The fourth-order valence-corrected chi connectivity index (χ4v) is 2.19. The number of aliphatic hydroxyl groups is 1. The minimum Gasteiger partial charge on any atom is -0.464 e. The standard InChI is InChI=1S/C14H14N2O2/c1-9(17)14-15-11-8-10(13-4-3-7-18-13)5-6-12(11)16(14)2/h3-9,17H,1-2H3. The first-order valence-corrected chi connectivity index (χ1v) is 5.85. The molecule has 0 radical (unpaired) electrons. The number of furan rings is 1. The lowest BCUT2D eigenvalue weighted by Gasteiger charge is -2.03. The topological polar surface area (TPSA) is 51.2 Å². The molecule has 0 aliphatic heterocycles. The monoisotopic (exact) mass is 242 g/mol. The van der Waals surface area contributed by atoms with Crippen molar-refractivity contribution in [3.8, 4) is 11.3 Å². The van der Waals surface area contributed by atoms with Crippen LogP contribution in [0.5, 0.6) is 0 Å². The second-order valence-corrected chi connectivity index (χ2v) is 4.39. The first kappa shape index (κ1) is 11.0. The molecule has 4 heteroatoms. The van der Waals surface area contributed by atoms with Crippen molar-refractivity contribution in [3.63, 3.8) is 0 Å². The van der Waals surface area contributed by atoms with Gasteiger partial charge in [0.05, 0.1) is 17.3 Å². The number of aryl methyl sites for hydroxylation is 1. The van der Waals surface area contributed by atoms with Gasteiger partial charge in [-0.2, -0.15) is 0 Å². The fraction of sp³-hybridized carbons (Fsp3) is 0.214. The van der Waals surface area contributed by atoms with E-state index in [-0.39, 0.29) is 0 Å². The molecule has 0 aliphatic rings. The van der Waals surface area contributed by atoms with E-state index in [1.165, 1.54) is 0 Å². The van der Waals surface area contributed by atoms with Crippen molar-refractivity contribution in [1.82, 2.24) is 9.55 Å². The molecule has 0 saturated carbocycles. The van der Waals surface area contributed by atoms with Gasteiger partial charge in [-0.3, -0.25) is 0 Å². The number of benzene rings is 1. The molecule has 0 aliphatic carbocycles. The number of nitrogens with zero attached hydrogens (tertiary/aromatic N) is 2. The van der Waals surface area contributed by atoms with E-state index in [0.717, 1.165) is 22.4 Å². The molecule has 1 atom stereocenters. The van der Waals surface area contributed by atoms with Crippen LogP contribution in [-0.4, -0.2) is 14.7 Å². The number of aliphatic hydroxyl groups excluding tert-OH is 1. The van der Waals surface area contributed by atoms with Crippen molar-refractivity contribution in [2.75, 3.05) is 0 Å². The molecule has 0 fully saturated rings. The zero-order chi connectivity index (χ0) is 12.7. The Bertz CT molecular complexity index is 681. The van der Waals surface area contributed by atoms with Gasteiger partial charge in [0.15, 0.2) is 0 Å². The number of fused-ring (bicyclic) bond motifs is 1. The molecule has 3 rings (SSSR count). The van der Waals surface area contributed by atoms with Crippen molar-refractivity contribution >= 4 is 11.0 Å². The van der Waals surface area contributed by atoms with Crippen LogP contribution in [-0.2, 0) is 7.05 Å². The molecule has 0 amide bonds. The Balaban J connectivity index is 2.19. The highest BCUT2D eigenvalue weighted by atomic mass is 16.3. The van der Waals surface area contributed by atoms with Crippen molar-refractivity contribution < 1.29 is 9.52 Å². The van der Waals surface area contributed by atoms with Gasteiger partial charge in [0.25, 0.3) is 0 Å². The van der Waals surface area contributed by atoms with Crippen molar-refractivity contribution in [1.29, 1.82) is 0 Å². The van der Waals surface area contributed by atoms with E-state index in [0.29, 0.717) is 5.82 Å². The molecule has 2 aromatic heterocycles. The van der Waals surface area contributed by atoms with Gasteiger partial charge in [0.2, 0.25) is 0 Å². The summed E-state index contributed by atoms with van der Waals surface area (Å²) in [5, 5.41) is 9.66. The molecule has 3 aromatic rings. The predicted octanol–water partition coefficient (Wildman–Crippen LogP) is 2.89. The maximum Gasteiger partial charge on any atom is 0.138 e. The molecule has 2 heterocycles. The van der Waals surface area contributed by atoms with Crippen molar-refractivity contribution in [3.05, 3.63) is 42.4 Å². The molecule has 1 unspecified atom stereocenters. The molecule has 92 valence electrons. The summed E-state index contributed by atoms with van der Waals surface area (Å²) in [6.07, 6.45) is 1.08. The Morgan fingerprint density at radius 2 is 2.17 bits per heavy atom. The Hall–Kier alpha value is -2.07. The number of aromatic nitrogens is 2. The molecule has 1 aromatic carbocycles. The fourth-order valence-electron chi connectivity index (χ4n) is 2.19. The lowest BCUT2D eigenvalue weighted by molar-refractivity contribution is 0.186. The molecule has 0 bridgehead atoms. The third-order valence-electron chi connectivity index (χ3n) is 3.09. The maximum atomic E-state index is 9.66.